The van der Waals surface area contributed by atoms with Crippen LogP contribution >= 0.6 is 0 Å². The highest BCUT2D eigenvalue weighted by atomic mass is 16.3. The zero-order valence-electron chi connectivity index (χ0n) is 28.2. The van der Waals surface area contributed by atoms with Gasteiger partial charge in [-0.05, 0) is 101 Å². The highest BCUT2D eigenvalue weighted by Gasteiger charge is 2.48. The van der Waals surface area contributed by atoms with Crippen LogP contribution in [0.15, 0.2) is 10.2 Å². The largest absolute Gasteiger partial charge is 0.390 e. The van der Waals surface area contributed by atoms with Crippen molar-refractivity contribution in [2.75, 3.05) is 7.05 Å². The third kappa shape index (κ3) is 8.09. The maximum absolute atomic E-state index is 13.6. The van der Waals surface area contributed by atoms with Crippen molar-refractivity contribution in [2.24, 2.45) is 39.8 Å². The molecule has 0 aromatic carbocycles. The number of amides is 1. The van der Waals surface area contributed by atoms with Crippen molar-refractivity contribution in [3.63, 3.8) is 0 Å². The Kier molecular flexibility index (Phi) is 12.1. The second kappa shape index (κ2) is 16.2. The minimum atomic E-state index is -0.695. The fraction of sp³-hybridized carbons (Fsp3) is 0.974. The minimum absolute atomic E-state index is 0.0854. The van der Waals surface area contributed by atoms with Crippen LogP contribution in [0, 0.1) is 29.6 Å². The van der Waals surface area contributed by atoms with Crippen molar-refractivity contribution >= 4 is 5.91 Å². The Labute approximate surface area is 269 Å². The normalized spacial score (nSPS) is 39.8. The summed E-state index contributed by atoms with van der Waals surface area (Å²) in [4.78, 5) is 16.7. The lowest BCUT2D eigenvalue weighted by atomic mass is 9.64. The number of aliphatic hydroxyl groups is 1. The number of rotatable bonds is 9. The summed E-state index contributed by atoms with van der Waals surface area (Å²) in [6.45, 7) is 0. The number of aliphatic hydroxyl groups excluding tert-OH is 1. The summed E-state index contributed by atoms with van der Waals surface area (Å²) in [7, 11) is 1.70. The summed E-state index contributed by atoms with van der Waals surface area (Å²) in [5, 5.41) is 23.2. The molecular weight excluding hydrogens is 544 g/mol. The molecule has 6 heteroatoms. The number of azo groups is 1. The van der Waals surface area contributed by atoms with Crippen LogP contribution in [0.5, 0.6) is 0 Å². The van der Waals surface area contributed by atoms with Gasteiger partial charge in [0, 0.05) is 31.2 Å². The van der Waals surface area contributed by atoms with Crippen LogP contribution in [0.3, 0.4) is 0 Å². The van der Waals surface area contributed by atoms with Crippen LogP contribution in [0.1, 0.15) is 161 Å². The van der Waals surface area contributed by atoms with Crippen LogP contribution in [-0.2, 0) is 4.79 Å². The highest BCUT2D eigenvalue weighted by Crippen LogP contribution is 2.45. The predicted octanol–water partition coefficient (Wildman–Crippen LogP) is 8.61. The van der Waals surface area contributed by atoms with Gasteiger partial charge in [-0.1, -0.05) is 83.5 Å². The van der Waals surface area contributed by atoms with E-state index in [0.29, 0.717) is 11.8 Å². The average molecular weight is 611 g/mol. The molecule has 7 unspecified atom stereocenters. The maximum Gasteiger partial charge on any atom is 0.226 e. The van der Waals surface area contributed by atoms with Gasteiger partial charge in [0.1, 0.15) is 6.04 Å². The first-order valence-electron chi connectivity index (χ1n) is 19.7. The van der Waals surface area contributed by atoms with Crippen LogP contribution in [0.25, 0.3) is 0 Å². The molecule has 0 bridgehead atoms. The molecule has 6 aliphatic rings. The van der Waals surface area contributed by atoms with Crippen LogP contribution in [0.4, 0.5) is 0 Å². The summed E-state index contributed by atoms with van der Waals surface area (Å²) in [6, 6.07) is 2.68. The van der Waals surface area contributed by atoms with Gasteiger partial charge >= 0.3 is 0 Å². The standard InChI is InChI=1S/C38H66N4O2/c1-39-41-36-34-18-9-8-12-29(34)26-35(37(36)43)38(44)40-30-13-10-11-28(25-30)20-19-27-21-23-33(24-22-27)42(31-14-4-2-5-15-31)32-16-6-3-7-17-32/h27-37,43H,2-26H2,1H3,(H,40,44). The van der Waals surface area contributed by atoms with E-state index in [4.69, 9.17) is 0 Å². The topological polar surface area (TPSA) is 77.3 Å². The Bertz CT molecular complexity index is 889. The molecule has 6 aliphatic carbocycles. The molecule has 0 aliphatic heterocycles. The first-order valence-corrected chi connectivity index (χ1v) is 19.7. The van der Waals surface area contributed by atoms with Gasteiger partial charge in [-0.25, -0.2) is 0 Å². The summed E-state index contributed by atoms with van der Waals surface area (Å²) >= 11 is 0. The quantitative estimate of drug-likeness (QED) is 0.257. The molecule has 6 saturated carbocycles. The molecule has 44 heavy (non-hydrogen) atoms. The van der Waals surface area contributed by atoms with Gasteiger partial charge in [-0.3, -0.25) is 9.69 Å². The molecule has 0 radical (unpaired) electrons. The fourth-order valence-corrected chi connectivity index (χ4v) is 11.3. The number of nitrogens with zero attached hydrogens (tertiary/aromatic N) is 3. The summed E-state index contributed by atoms with van der Waals surface area (Å²) in [5.41, 5.74) is 0. The molecule has 6 fully saturated rings. The van der Waals surface area contributed by atoms with Gasteiger partial charge in [0.25, 0.3) is 0 Å². The van der Waals surface area contributed by atoms with Crippen molar-refractivity contribution in [2.45, 2.75) is 197 Å². The molecular formula is C38H66N4O2. The van der Waals surface area contributed by atoms with E-state index in [1.807, 2.05) is 0 Å². The molecule has 7 atom stereocenters. The lowest BCUT2D eigenvalue weighted by Crippen LogP contribution is -2.54. The fourth-order valence-electron chi connectivity index (χ4n) is 11.3. The van der Waals surface area contributed by atoms with Crippen molar-refractivity contribution in [1.29, 1.82) is 0 Å². The van der Waals surface area contributed by atoms with E-state index in [0.717, 1.165) is 55.6 Å². The molecule has 0 heterocycles. The third-order valence-corrected chi connectivity index (χ3v) is 13.7. The Hall–Kier alpha value is -1.01. The SMILES string of the molecule is CN=NC1C(O)C(C(=O)NC2CCCC(CCC3CCC(N(C4CCCCC4)C4CCCCC4)CC3)C2)CC2CCCCC21. The van der Waals surface area contributed by atoms with E-state index in [-0.39, 0.29) is 23.9 Å². The van der Waals surface area contributed by atoms with E-state index in [9.17, 15) is 9.90 Å². The molecule has 250 valence electrons. The number of hydrogen-bond donors (Lipinski definition) is 2. The van der Waals surface area contributed by atoms with Gasteiger partial charge in [-0.15, -0.1) is 0 Å². The number of hydrogen-bond acceptors (Lipinski definition) is 5. The van der Waals surface area contributed by atoms with Crippen molar-refractivity contribution in [3.05, 3.63) is 0 Å². The molecule has 1 amide bonds. The van der Waals surface area contributed by atoms with Crippen molar-refractivity contribution < 1.29 is 9.90 Å². The first-order chi connectivity index (χ1) is 21.6. The van der Waals surface area contributed by atoms with Gasteiger partial charge < -0.3 is 10.4 Å². The lowest BCUT2D eigenvalue weighted by Gasteiger charge is -2.48. The number of carbonyl (C=O) groups is 1. The third-order valence-electron chi connectivity index (χ3n) is 13.7. The molecule has 2 N–H and O–H groups in total. The monoisotopic (exact) mass is 611 g/mol. The lowest BCUT2D eigenvalue weighted by molar-refractivity contribution is -0.135. The number of carbonyl (C=O) groups excluding carboxylic acids is 1. The van der Waals surface area contributed by atoms with E-state index in [1.54, 1.807) is 7.05 Å². The molecule has 0 aromatic heterocycles. The maximum atomic E-state index is 13.6. The Morgan fingerprint density at radius 3 is 1.98 bits per heavy atom. The zero-order chi connectivity index (χ0) is 30.3. The second-order valence-electron chi connectivity index (χ2n) is 16.4. The second-order valence-corrected chi connectivity index (χ2v) is 16.4. The van der Waals surface area contributed by atoms with E-state index in [2.05, 4.69) is 20.4 Å². The summed E-state index contributed by atoms with van der Waals surface area (Å²) < 4.78 is 0. The van der Waals surface area contributed by atoms with Crippen LogP contribution < -0.4 is 5.32 Å². The minimum Gasteiger partial charge on any atom is -0.390 e. The Morgan fingerprint density at radius 1 is 0.682 bits per heavy atom. The van der Waals surface area contributed by atoms with Crippen molar-refractivity contribution in [3.8, 4) is 0 Å². The van der Waals surface area contributed by atoms with Crippen LogP contribution in [0.2, 0.25) is 0 Å². The van der Waals surface area contributed by atoms with Crippen LogP contribution in [-0.4, -0.2) is 59.3 Å². The average Bonchev–Trinajstić information content (AvgIpc) is 3.07. The number of nitrogens with one attached hydrogen (secondary N) is 1. The predicted molar refractivity (Wildman–Crippen MR) is 179 cm³/mol. The van der Waals surface area contributed by atoms with E-state index in [1.165, 1.54) is 135 Å². The highest BCUT2D eigenvalue weighted by molar-refractivity contribution is 5.80. The Balaban J connectivity index is 0.958. The summed E-state index contributed by atoms with van der Waals surface area (Å²) in [6.07, 6.45) is 32.7. The van der Waals surface area contributed by atoms with Crippen molar-refractivity contribution in [1.82, 2.24) is 10.2 Å². The first kappa shape index (κ1) is 32.9. The molecule has 0 spiro atoms. The molecule has 6 rings (SSSR count). The smallest absolute Gasteiger partial charge is 0.226 e. The van der Waals surface area contributed by atoms with E-state index < -0.39 is 6.10 Å². The number of fused-ring (bicyclic) bond motifs is 1. The zero-order valence-corrected chi connectivity index (χ0v) is 28.2. The molecule has 0 saturated heterocycles. The van der Waals surface area contributed by atoms with Gasteiger partial charge in [0.05, 0.1) is 12.0 Å². The summed E-state index contributed by atoms with van der Waals surface area (Å²) in [5.74, 6) is 2.30. The van der Waals surface area contributed by atoms with Gasteiger partial charge in [0.2, 0.25) is 5.91 Å². The van der Waals surface area contributed by atoms with Gasteiger partial charge in [0.15, 0.2) is 0 Å². The van der Waals surface area contributed by atoms with E-state index >= 15 is 0 Å². The molecule has 0 aromatic rings. The Morgan fingerprint density at radius 2 is 1.30 bits per heavy atom. The molecule has 6 nitrogen and oxygen atoms in total. The van der Waals surface area contributed by atoms with Gasteiger partial charge in [-0.2, -0.15) is 10.2 Å².